The van der Waals surface area contributed by atoms with E-state index in [-0.39, 0.29) is 5.91 Å². The van der Waals surface area contributed by atoms with E-state index in [2.05, 4.69) is 67.1 Å². The first-order valence-corrected chi connectivity index (χ1v) is 9.91. The van der Waals surface area contributed by atoms with Crippen LogP contribution in [0.3, 0.4) is 0 Å². The molecule has 0 saturated carbocycles. The van der Waals surface area contributed by atoms with Gasteiger partial charge in [-0.25, -0.2) is 0 Å². The van der Waals surface area contributed by atoms with E-state index in [0.29, 0.717) is 5.56 Å². The van der Waals surface area contributed by atoms with Crippen LogP contribution in [0.15, 0.2) is 51.9 Å². The van der Waals surface area contributed by atoms with Crippen molar-refractivity contribution in [3.8, 4) is 0 Å². The van der Waals surface area contributed by atoms with Gasteiger partial charge in [0.2, 0.25) is 0 Å². The normalized spacial score (nSPS) is 12.0. The van der Waals surface area contributed by atoms with E-state index >= 15 is 0 Å². The van der Waals surface area contributed by atoms with Gasteiger partial charge < -0.3 is 4.57 Å². The summed E-state index contributed by atoms with van der Waals surface area (Å²) < 4.78 is 5.21. The number of amides is 1. The zero-order valence-electron chi connectivity index (χ0n) is 12.4. The van der Waals surface area contributed by atoms with Crippen LogP contribution in [0.5, 0.6) is 0 Å². The Bertz CT molecular complexity index is 945. The number of nitrogens with zero attached hydrogens (tertiary/aromatic N) is 2. The third-order valence-electron chi connectivity index (χ3n) is 3.39. The van der Waals surface area contributed by atoms with Gasteiger partial charge in [-0.2, -0.15) is 4.99 Å². The number of thiazole rings is 1. The first-order valence-electron chi connectivity index (χ1n) is 7.22. The molecule has 0 N–H and O–H groups in total. The Labute approximate surface area is 160 Å². The summed E-state index contributed by atoms with van der Waals surface area (Å²) in [6.07, 6.45) is 0.992. The van der Waals surface area contributed by atoms with Crippen LogP contribution in [0, 0.1) is 3.57 Å². The van der Waals surface area contributed by atoms with Crippen molar-refractivity contribution in [2.24, 2.45) is 4.99 Å². The summed E-state index contributed by atoms with van der Waals surface area (Å²) in [5, 5.41) is 0. The van der Waals surface area contributed by atoms with Crippen LogP contribution < -0.4 is 4.80 Å². The minimum atomic E-state index is -0.189. The number of aromatic nitrogens is 1. The summed E-state index contributed by atoms with van der Waals surface area (Å²) >= 11 is 7.22. The Kier molecular flexibility index (Phi) is 5.33. The quantitative estimate of drug-likeness (QED) is 0.454. The molecular weight excluding hydrogens is 487 g/mol. The molecule has 3 nitrogen and oxygen atoms in total. The third-order valence-corrected chi connectivity index (χ3v) is 5.87. The number of halogens is 2. The number of benzene rings is 2. The zero-order valence-corrected chi connectivity index (χ0v) is 17.0. The van der Waals surface area contributed by atoms with Gasteiger partial charge in [0.1, 0.15) is 0 Å². The molecule has 0 bridgehead atoms. The Morgan fingerprint density at radius 1 is 1.30 bits per heavy atom. The third kappa shape index (κ3) is 3.59. The number of hydrogen-bond acceptors (Lipinski definition) is 2. The fourth-order valence-electron chi connectivity index (χ4n) is 2.35. The van der Waals surface area contributed by atoms with Crippen molar-refractivity contribution in [2.45, 2.75) is 19.9 Å². The van der Waals surface area contributed by atoms with Crippen molar-refractivity contribution in [1.82, 2.24) is 4.57 Å². The van der Waals surface area contributed by atoms with Crippen molar-refractivity contribution >= 4 is 66.0 Å². The molecule has 0 radical (unpaired) electrons. The van der Waals surface area contributed by atoms with Gasteiger partial charge in [-0.1, -0.05) is 46.3 Å². The summed E-state index contributed by atoms with van der Waals surface area (Å²) in [5.74, 6) is -0.189. The highest BCUT2D eigenvalue weighted by molar-refractivity contribution is 14.1. The number of carbonyl (C=O) groups is 1. The number of carbonyl (C=O) groups excluding carboxylic acids is 1. The van der Waals surface area contributed by atoms with E-state index in [0.717, 1.165) is 36.0 Å². The number of fused-ring (bicyclic) bond motifs is 1. The van der Waals surface area contributed by atoms with Gasteiger partial charge in [-0.15, -0.1) is 0 Å². The lowest BCUT2D eigenvalue weighted by molar-refractivity contribution is 0.0997. The van der Waals surface area contributed by atoms with Gasteiger partial charge in [0.05, 0.1) is 15.8 Å². The predicted octanol–water partition coefficient (Wildman–Crippen LogP) is 5.22. The average molecular weight is 501 g/mol. The molecule has 0 aliphatic carbocycles. The fourth-order valence-corrected chi connectivity index (χ4v) is 4.58. The molecule has 2 aromatic carbocycles. The molecule has 1 heterocycles. The van der Waals surface area contributed by atoms with Gasteiger partial charge >= 0.3 is 0 Å². The molecule has 0 aliphatic heterocycles. The molecule has 1 aromatic heterocycles. The molecule has 0 fully saturated rings. The van der Waals surface area contributed by atoms with E-state index in [1.54, 1.807) is 11.3 Å². The molecule has 3 rings (SSSR count). The van der Waals surface area contributed by atoms with Crippen molar-refractivity contribution in [3.05, 3.63) is 60.9 Å². The summed E-state index contributed by atoms with van der Waals surface area (Å²) in [4.78, 5) is 17.7. The maximum Gasteiger partial charge on any atom is 0.280 e. The Balaban J connectivity index is 2.16. The molecule has 0 aliphatic rings. The van der Waals surface area contributed by atoms with Crippen molar-refractivity contribution in [2.75, 3.05) is 0 Å². The highest BCUT2D eigenvalue weighted by Crippen LogP contribution is 2.22. The molecule has 0 atom stereocenters. The fraction of sp³-hybridized carbons (Fsp3) is 0.176. The molecule has 23 heavy (non-hydrogen) atoms. The van der Waals surface area contributed by atoms with Gasteiger partial charge in [0, 0.05) is 14.6 Å². The summed E-state index contributed by atoms with van der Waals surface area (Å²) in [5.41, 5.74) is 1.77. The van der Waals surface area contributed by atoms with Gasteiger partial charge in [-0.05, 0) is 59.3 Å². The number of aryl methyl sites for hydroxylation is 1. The van der Waals surface area contributed by atoms with Crippen LogP contribution in [-0.2, 0) is 6.54 Å². The van der Waals surface area contributed by atoms with E-state index in [1.807, 2.05) is 30.3 Å². The van der Waals surface area contributed by atoms with E-state index in [9.17, 15) is 4.79 Å². The zero-order chi connectivity index (χ0) is 16.4. The van der Waals surface area contributed by atoms with Crippen molar-refractivity contribution in [3.63, 3.8) is 0 Å². The maximum atomic E-state index is 12.5. The van der Waals surface area contributed by atoms with Crippen LogP contribution in [0.4, 0.5) is 0 Å². The van der Waals surface area contributed by atoms with Gasteiger partial charge in [0.15, 0.2) is 4.80 Å². The van der Waals surface area contributed by atoms with Crippen LogP contribution >= 0.6 is 49.9 Å². The maximum absolute atomic E-state index is 12.5. The molecule has 0 saturated heterocycles. The largest absolute Gasteiger partial charge is 0.316 e. The van der Waals surface area contributed by atoms with E-state index in [4.69, 9.17) is 0 Å². The molecule has 1 amide bonds. The minimum absolute atomic E-state index is 0.189. The minimum Gasteiger partial charge on any atom is -0.316 e. The lowest BCUT2D eigenvalue weighted by Gasteiger charge is -2.03. The number of hydrogen-bond donors (Lipinski definition) is 0. The molecular formula is C17H14BrIN2OS. The Morgan fingerprint density at radius 2 is 2.09 bits per heavy atom. The molecule has 6 heteroatoms. The summed E-state index contributed by atoms with van der Waals surface area (Å²) in [7, 11) is 0. The van der Waals surface area contributed by atoms with Crippen LogP contribution in [0.2, 0.25) is 0 Å². The van der Waals surface area contributed by atoms with Crippen LogP contribution in [-0.4, -0.2) is 10.5 Å². The van der Waals surface area contributed by atoms with Gasteiger partial charge in [0.25, 0.3) is 5.91 Å². The Hall–Kier alpha value is -0.990. The number of rotatable bonds is 3. The SMILES string of the molecule is CCCn1c(=NC(=O)c2ccccc2I)sc2cc(Br)ccc21. The lowest BCUT2D eigenvalue weighted by atomic mass is 10.2. The second-order valence-electron chi connectivity index (χ2n) is 5.05. The van der Waals surface area contributed by atoms with Crippen molar-refractivity contribution in [1.29, 1.82) is 0 Å². The standard InChI is InChI=1S/C17H14BrIN2OS/c1-2-9-21-14-8-7-11(18)10-15(14)23-17(21)20-16(22)12-5-3-4-6-13(12)19/h3-8,10H,2,9H2,1H3. The predicted molar refractivity (Wildman–Crippen MR) is 107 cm³/mol. The van der Waals surface area contributed by atoms with E-state index in [1.165, 1.54) is 0 Å². The van der Waals surface area contributed by atoms with E-state index < -0.39 is 0 Å². The summed E-state index contributed by atoms with van der Waals surface area (Å²) in [6.45, 7) is 2.97. The highest BCUT2D eigenvalue weighted by atomic mass is 127. The second-order valence-corrected chi connectivity index (χ2v) is 8.13. The highest BCUT2D eigenvalue weighted by Gasteiger charge is 2.11. The first kappa shape index (κ1) is 16.9. The molecule has 118 valence electrons. The van der Waals surface area contributed by atoms with Crippen LogP contribution in [0.1, 0.15) is 23.7 Å². The average Bonchev–Trinajstić information content (AvgIpc) is 2.84. The first-order chi connectivity index (χ1) is 11.1. The van der Waals surface area contributed by atoms with Crippen molar-refractivity contribution < 1.29 is 4.79 Å². The topological polar surface area (TPSA) is 34.4 Å². The van der Waals surface area contributed by atoms with Crippen LogP contribution in [0.25, 0.3) is 10.2 Å². The smallest absolute Gasteiger partial charge is 0.280 e. The second kappa shape index (κ2) is 7.27. The Morgan fingerprint density at radius 3 is 2.83 bits per heavy atom. The molecule has 3 aromatic rings. The molecule has 0 spiro atoms. The van der Waals surface area contributed by atoms with Gasteiger partial charge in [-0.3, -0.25) is 4.79 Å². The molecule has 0 unspecified atom stereocenters. The lowest BCUT2D eigenvalue weighted by Crippen LogP contribution is -2.17. The summed E-state index contributed by atoms with van der Waals surface area (Å²) in [6, 6.07) is 13.7. The monoisotopic (exact) mass is 500 g/mol.